The summed E-state index contributed by atoms with van der Waals surface area (Å²) in [5, 5.41) is -3.06. The molecule has 0 unspecified atom stereocenters. The smallest absolute Gasteiger partial charge is 0.269 e. The molecule has 9 heteroatoms. The quantitative estimate of drug-likeness (QED) is 0.488. The molecule has 108 valence electrons. The molecule has 0 saturated heterocycles. The van der Waals surface area contributed by atoms with E-state index in [2.05, 4.69) is 11.6 Å². The molecule has 0 nitrogen and oxygen atoms in total. The highest BCUT2D eigenvalue weighted by Crippen LogP contribution is 2.31. The maximum atomic E-state index is 11.6. The van der Waals surface area contributed by atoms with E-state index in [0.29, 0.717) is 12.3 Å². The van der Waals surface area contributed by atoms with Gasteiger partial charge in [-0.05, 0) is 30.9 Å². The molecule has 0 heterocycles. The lowest BCUT2D eigenvalue weighted by Gasteiger charge is -2.06. The maximum absolute atomic E-state index is 11.6. The van der Waals surface area contributed by atoms with Crippen LogP contribution in [0.5, 0.6) is 0 Å². The van der Waals surface area contributed by atoms with Gasteiger partial charge in [0, 0.05) is 18.2 Å². The monoisotopic (exact) mass is 376 g/mol. The van der Waals surface area contributed by atoms with Crippen molar-refractivity contribution >= 4 is 69.6 Å². The van der Waals surface area contributed by atoms with E-state index < -0.39 is 9.17 Å². The molecule has 17 heavy (non-hydrogen) atoms. The molecule has 0 saturated carbocycles. The van der Waals surface area contributed by atoms with Crippen LogP contribution in [0.25, 0.3) is 0 Å². The van der Waals surface area contributed by atoms with Gasteiger partial charge in [-0.1, -0.05) is 34.8 Å². The van der Waals surface area contributed by atoms with Crippen LogP contribution in [-0.2, 0) is 0 Å². The van der Waals surface area contributed by atoms with E-state index in [-0.39, 0.29) is 23.4 Å². The zero-order chi connectivity index (χ0) is 13.2. The summed E-state index contributed by atoms with van der Waals surface area (Å²) in [4.78, 5) is 0. The lowest BCUT2D eigenvalue weighted by molar-refractivity contribution is 0.0856. The third-order valence-corrected chi connectivity index (χ3v) is 2.48. The fraction of sp³-hybridized carbons (Fsp3) is 1.00. The van der Waals surface area contributed by atoms with Gasteiger partial charge in [-0.15, -0.1) is 23.2 Å². The van der Waals surface area contributed by atoms with E-state index in [1.165, 1.54) is 0 Å². The van der Waals surface area contributed by atoms with Gasteiger partial charge in [0.1, 0.15) is 0 Å². The van der Waals surface area contributed by atoms with Gasteiger partial charge in [-0.2, -0.15) is 8.78 Å². The predicted octanol–water partition coefficient (Wildman–Crippen LogP) is 6.37. The van der Waals surface area contributed by atoms with Gasteiger partial charge in [-0.25, -0.2) is 0 Å². The van der Waals surface area contributed by atoms with Crippen LogP contribution in [0.3, 0.4) is 0 Å². The Balaban J connectivity index is -0.000000218. The minimum atomic E-state index is -3.06. The highest BCUT2D eigenvalue weighted by Gasteiger charge is 2.22. The lowest BCUT2D eigenvalue weighted by Crippen LogP contribution is -2.04. The van der Waals surface area contributed by atoms with Crippen LogP contribution in [0.2, 0.25) is 0 Å². The number of rotatable bonds is 5. The standard InChI is InChI=1S/C4H6Cl4.C4H6Cl2F2.FH/c2*5-3-1-2-4(6,7)8;/h2*1-3H2;1H. The normalized spacial score (nSPS) is 11.3. The summed E-state index contributed by atoms with van der Waals surface area (Å²) in [6, 6.07) is 0. The second kappa shape index (κ2) is 12.6. The Labute approximate surface area is 129 Å². The summed E-state index contributed by atoms with van der Waals surface area (Å²) in [6.45, 7) is 0. The van der Waals surface area contributed by atoms with Gasteiger partial charge in [0.2, 0.25) is 0 Å². The van der Waals surface area contributed by atoms with Gasteiger partial charge < -0.3 is 0 Å². The van der Waals surface area contributed by atoms with Crippen LogP contribution in [0.1, 0.15) is 25.7 Å². The molecule has 0 fully saturated rings. The number of halogens is 9. The molecule has 0 atom stereocenters. The summed E-state index contributed by atoms with van der Waals surface area (Å²) in [6.07, 6.45) is 1.20. The highest BCUT2D eigenvalue weighted by molar-refractivity contribution is 6.67. The van der Waals surface area contributed by atoms with Gasteiger partial charge in [0.15, 0.2) is 3.79 Å². The molecule has 0 rings (SSSR count). The average Bonchev–Trinajstić information content (AvgIpc) is 2.10. The summed E-state index contributed by atoms with van der Waals surface area (Å²) in [5.41, 5.74) is 0. The molecule has 0 aliphatic heterocycles. The minimum absolute atomic E-state index is 0. The SMILES string of the molecule is ClCCCC(Cl)(Cl)Cl.F.FC(F)(Cl)CCCCl. The molecule has 0 aromatic rings. The van der Waals surface area contributed by atoms with E-state index in [9.17, 15) is 8.78 Å². The van der Waals surface area contributed by atoms with Crippen molar-refractivity contribution in [1.29, 1.82) is 0 Å². The molecular weight excluding hydrogens is 366 g/mol. The molecule has 0 amide bonds. The molecule has 0 aromatic heterocycles. The van der Waals surface area contributed by atoms with Crippen molar-refractivity contribution in [2.45, 2.75) is 34.9 Å². The van der Waals surface area contributed by atoms with Crippen molar-refractivity contribution in [3.05, 3.63) is 0 Å². The Bertz CT molecular complexity index is 138. The summed E-state index contributed by atoms with van der Waals surface area (Å²) in [7, 11) is 0. The largest absolute Gasteiger partial charge is 0.321 e. The second-order valence-electron chi connectivity index (χ2n) is 2.82. The molecule has 0 radical (unpaired) electrons. The third kappa shape index (κ3) is 31.8. The van der Waals surface area contributed by atoms with Gasteiger partial charge in [0.05, 0.1) is 0 Å². The van der Waals surface area contributed by atoms with Gasteiger partial charge in [0.25, 0.3) is 0 Å². The first kappa shape index (κ1) is 23.6. The van der Waals surface area contributed by atoms with Crippen molar-refractivity contribution in [1.82, 2.24) is 0 Å². The van der Waals surface area contributed by atoms with E-state index in [1.807, 2.05) is 0 Å². The maximum Gasteiger partial charge on any atom is 0.321 e. The highest BCUT2D eigenvalue weighted by atomic mass is 35.6. The zero-order valence-electron chi connectivity index (χ0n) is 8.67. The second-order valence-corrected chi connectivity index (χ2v) is 6.64. The molecule has 0 N–H and O–H groups in total. The first-order valence-corrected chi connectivity index (χ1v) is 6.96. The molecule has 0 spiro atoms. The van der Waals surface area contributed by atoms with Crippen LogP contribution < -0.4 is 0 Å². The van der Waals surface area contributed by atoms with Crippen molar-refractivity contribution in [3.8, 4) is 0 Å². The van der Waals surface area contributed by atoms with Crippen LogP contribution in [0.15, 0.2) is 0 Å². The molecule has 0 aliphatic rings. The topological polar surface area (TPSA) is 0 Å². The average molecular weight is 379 g/mol. The molecule has 0 aromatic carbocycles. The molecule has 0 aliphatic carbocycles. The Morgan fingerprint density at radius 2 is 1.12 bits per heavy atom. The third-order valence-electron chi connectivity index (χ3n) is 1.19. The fourth-order valence-electron chi connectivity index (χ4n) is 0.535. The lowest BCUT2D eigenvalue weighted by atomic mass is 10.3. The van der Waals surface area contributed by atoms with Crippen molar-refractivity contribution in [2.24, 2.45) is 0 Å². The zero-order valence-corrected chi connectivity index (χ0v) is 13.2. The van der Waals surface area contributed by atoms with Crippen LogP contribution in [0.4, 0.5) is 13.5 Å². The van der Waals surface area contributed by atoms with E-state index >= 15 is 0 Å². The van der Waals surface area contributed by atoms with Crippen molar-refractivity contribution in [2.75, 3.05) is 11.8 Å². The van der Waals surface area contributed by atoms with E-state index in [0.717, 1.165) is 6.42 Å². The number of hydrogen-bond acceptors (Lipinski definition) is 0. The van der Waals surface area contributed by atoms with E-state index in [4.69, 9.17) is 58.0 Å². The minimum Gasteiger partial charge on any atom is -0.269 e. The van der Waals surface area contributed by atoms with Gasteiger partial charge >= 0.3 is 5.38 Å². The van der Waals surface area contributed by atoms with Crippen molar-refractivity contribution in [3.63, 3.8) is 0 Å². The summed E-state index contributed by atoms with van der Waals surface area (Å²) < 4.78 is 22.1. The summed E-state index contributed by atoms with van der Waals surface area (Å²) >= 11 is 31.1. The molecule has 0 bridgehead atoms. The Hall–Kier alpha value is 1.53. The Kier molecular flexibility index (Phi) is 17.4. The fourth-order valence-corrected chi connectivity index (χ4v) is 1.34. The summed E-state index contributed by atoms with van der Waals surface area (Å²) in [5.74, 6) is 0.788. The predicted molar refractivity (Wildman–Crippen MR) is 73.5 cm³/mol. The Morgan fingerprint density at radius 1 is 0.765 bits per heavy atom. The van der Waals surface area contributed by atoms with Crippen LogP contribution in [0, 0.1) is 0 Å². The van der Waals surface area contributed by atoms with Gasteiger partial charge in [-0.3, -0.25) is 4.70 Å². The number of alkyl halides is 8. The Morgan fingerprint density at radius 3 is 1.24 bits per heavy atom. The molecular formula is C8H13Cl6F3. The van der Waals surface area contributed by atoms with E-state index in [1.54, 1.807) is 0 Å². The van der Waals surface area contributed by atoms with Crippen LogP contribution >= 0.6 is 69.6 Å². The van der Waals surface area contributed by atoms with Crippen LogP contribution in [-0.4, -0.2) is 20.9 Å². The first-order chi connectivity index (χ1) is 7.12. The first-order valence-electron chi connectivity index (χ1n) is 4.38. The van der Waals surface area contributed by atoms with Crippen molar-refractivity contribution < 1.29 is 13.5 Å². The number of hydrogen-bond donors (Lipinski definition) is 0.